The molecule has 0 fully saturated rings. The van der Waals surface area contributed by atoms with E-state index in [-0.39, 0.29) is 5.54 Å². The van der Waals surface area contributed by atoms with Crippen molar-refractivity contribution in [2.24, 2.45) is 0 Å². The fourth-order valence-corrected chi connectivity index (χ4v) is 1.90. The number of benzene rings is 1. The lowest BCUT2D eigenvalue weighted by Gasteiger charge is -2.12. The van der Waals surface area contributed by atoms with E-state index in [0.29, 0.717) is 0 Å². The van der Waals surface area contributed by atoms with E-state index < -0.39 is 6.00 Å². The van der Waals surface area contributed by atoms with Crippen molar-refractivity contribution >= 4 is 45.3 Å². The van der Waals surface area contributed by atoms with Crippen LogP contribution in [0.15, 0.2) is 36.4 Å². The molecule has 0 aliphatic rings. The Kier molecular flexibility index (Phi) is 4.52. The number of rotatable bonds is 3. The van der Waals surface area contributed by atoms with Crippen molar-refractivity contribution in [2.75, 3.05) is 0 Å². The van der Waals surface area contributed by atoms with Gasteiger partial charge < -0.3 is 0 Å². The van der Waals surface area contributed by atoms with Crippen molar-refractivity contribution in [3.8, 4) is 0 Å². The second-order valence-corrected chi connectivity index (χ2v) is 12.2. The Hall–Kier alpha value is 0.0469. The van der Waals surface area contributed by atoms with E-state index in [1.54, 1.807) is 0 Å². The van der Waals surface area contributed by atoms with Gasteiger partial charge >= 0.3 is 6.00 Å². The summed E-state index contributed by atoms with van der Waals surface area (Å²) in [6.07, 6.45) is 3.94. The van der Waals surface area contributed by atoms with Crippen LogP contribution < -0.4 is 0 Å². The van der Waals surface area contributed by atoms with Gasteiger partial charge in [-0.3, -0.25) is 0 Å². The van der Waals surface area contributed by atoms with Crippen molar-refractivity contribution in [3.63, 3.8) is 0 Å². The van der Waals surface area contributed by atoms with Gasteiger partial charge in [-0.25, -0.2) is 0 Å². The van der Waals surface area contributed by atoms with Gasteiger partial charge in [0.1, 0.15) is 0 Å². The van der Waals surface area contributed by atoms with Crippen molar-refractivity contribution in [3.05, 3.63) is 42.0 Å². The van der Waals surface area contributed by atoms with E-state index in [4.69, 9.17) is 33.2 Å². The molecule has 4 heteroatoms. The van der Waals surface area contributed by atoms with Gasteiger partial charge in [-0.05, 0) is 5.56 Å². The lowest BCUT2D eigenvalue weighted by atomic mass is 10.2. The van der Waals surface area contributed by atoms with Crippen LogP contribution in [0.5, 0.6) is 0 Å². The Balaban J connectivity index is 2.66. The highest BCUT2D eigenvalue weighted by Gasteiger charge is 2.31. The smallest absolute Gasteiger partial charge is 0.125 e. The van der Waals surface area contributed by atoms with Crippen molar-refractivity contribution < 1.29 is 0 Å². The van der Waals surface area contributed by atoms with Crippen LogP contribution in [0.3, 0.4) is 0 Å². The van der Waals surface area contributed by atoms with Gasteiger partial charge in [-0.15, -0.1) is 33.2 Å². The summed E-state index contributed by atoms with van der Waals surface area (Å²) >= 11 is 17.6. The predicted octanol–water partition coefficient (Wildman–Crippen LogP) is 4.75. The van der Waals surface area contributed by atoms with Crippen LogP contribution in [0.2, 0.25) is 5.54 Å². The van der Waals surface area contributed by atoms with Crippen molar-refractivity contribution in [1.82, 2.24) is 0 Å². The predicted molar refractivity (Wildman–Crippen MR) is 68.2 cm³/mol. The average Bonchev–Trinajstić information content (AvgIpc) is 2.14. The monoisotopic (exact) mass is 264 g/mol. The van der Waals surface area contributed by atoms with Crippen LogP contribution in [0, 0.1) is 0 Å². The Morgan fingerprint density at radius 1 is 1.14 bits per heavy atom. The molecule has 1 unspecified atom stereocenters. The maximum absolute atomic E-state index is 5.87. The molecule has 0 spiro atoms. The summed E-state index contributed by atoms with van der Waals surface area (Å²) < 4.78 is 0. The molecule has 1 aromatic carbocycles. The Labute approximate surface area is 99.6 Å². The summed E-state index contributed by atoms with van der Waals surface area (Å²) in [5.41, 5.74) is 1.16. The third-order valence-electron chi connectivity index (χ3n) is 1.89. The standard InChI is InChI=1S/C10H11Cl3Si/c1-9(14(11,12)13)7-8-10-5-3-2-4-6-10/h2-9H,1H3/b8-7+. The largest absolute Gasteiger partial charge is 0.347 e. The first-order chi connectivity index (χ1) is 6.50. The summed E-state index contributed by atoms with van der Waals surface area (Å²) in [6, 6.07) is 7.39. The lowest BCUT2D eigenvalue weighted by molar-refractivity contribution is 1.20. The SMILES string of the molecule is CC(/C=C/c1ccccc1)[Si](Cl)(Cl)Cl. The Morgan fingerprint density at radius 3 is 2.21 bits per heavy atom. The number of hydrogen-bond donors (Lipinski definition) is 0. The molecule has 0 N–H and O–H groups in total. The summed E-state index contributed by atoms with van der Waals surface area (Å²) in [4.78, 5) is 0. The zero-order valence-corrected chi connectivity index (χ0v) is 11.0. The lowest BCUT2D eigenvalue weighted by Crippen LogP contribution is -2.14. The maximum Gasteiger partial charge on any atom is 0.347 e. The number of allylic oxidation sites excluding steroid dienone is 1. The molecule has 1 rings (SSSR count). The summed E-state index contributed by atoms with van der Waals surface area (Å²) in [7, 11) is 0. The molecule has 0 radical (unpaired) electrons. The minimum atomic E-state index is -2.58. The van der Waals surface area contributed by atoms with Gasteiger partial charge in [0, 0.05) is 5.54 Å². The topological polar surface area (TPSA) is 0 Å². The molecule has 0 aliphatic carbocycles. The van der Waals surface area contributed by atoms with E-state index in [1.165, 1.54) is 0 Å². The molecule has 1 atom stereocenters. The van der Waals surface area contributed by atoms with Crippen LogP contribution in [-0.4, -0.2) is 6.00 Å². The van der Waals surface area contributed by atoms with E-state index in [9.17, 15) is 0 Å². The average molecular weight is 266 g/mol. The first-order valence-electron chi connectivity index (χ1n) is 4.30. The highest BCUT2D eigenvalue weighted by atomic mass is 35.8. The van der Waals surface area contributed by atoms with Gasteiger partial charge in [-0.1, -0.05) is 49.4 Å². The summed E-state index contributed by atoms with van der Waals surface area (Å²) in [6.45, 7) is 1.93. The van der Waals surface area contributed by atoms with E-state index in [2.05, 4.69) is 0 Å². The van der Waals surface area contributed by atoms with Crippen LogP contribution >= 0.6 is 33.2 Å². The maximum atomic E-state index is 5.87. The van der Waals surface area contributed by atoms with Crippen LogP contribution in [0.1, 0.15) is 12.5 Å². The highest BCUT2D eigenvalue weighted by Crippen LogP contribution is 2.34. The minimum Gasteiger partial charge on any atom is -0.125 e. The van der Waals surface area contributed by atoms with E-state index in [0.717, 1.165) is 5.56 Å². The third-order valence-corrected chi connectivity index (χ3v) is 6.22. The first-order valence-corrected chi connectivity index (χ1v) is 9.41. The number of hydrogen-bond acceptors (Lipinski definition) is 0. The molecule has 0 nitrogen and oxygen atoms in total. The molecular formula is C10H11Cl3Si. The molecule has 0 saturated carbocycles. The second-order valence-electron chi connectivity index (χ2n) is 3.10. The molecule has 0 aliphatic heterocycles. The Bertz CT molecular complexity index is 303. The second kappa shape index (κ2) is 5.22. The third kappa shape index (κ3) is 4.05. The van der Waals surface area contributed by atoms with Gasteiger partial charge in [-0.2, -0.15) is 0 Å². The van der Waals surface area contributed by atoms with Gasteiger partial charge in [0.2, 0.25) is 0 Å². The van der Waals surface area contributed by atoms with E-state index >= 15 is 0 Å². The fraction of sp³-hybridized carbons (Fsp3) is 0.200. The first kappa shape index (κ1) is 12.1. The molecule has 0 aromatic heterocycles. The molecule has 14 heavy (non-hydrogen) atoms. The van der Waals surface area contributed by atoms with Crippen LogP contribution in [0.25, 0.3) is 6.08 Å². The van der Waals surface area contributed by atoms with Crippen LogP contribution in [0.4, 0.5) is 0 Å². The molecule has 76 valence electrons. The van der Waals surface area contributed by atoms with Gasteiger partial charge in [0.05, 0.1) is 0 Å². The zero-order chi connectivity index (χ0) is 10.6. The van der Waals surface area contributed by atoms with E-state index in [1.807, 2.05) is 49.4 Å². The molecule has 0 bridgehead atoms. The van der Waals surface area contributed by atoms with Gasteiger partial charge in [0.15, 0.2) is 0 Å². The van der Waals surface area contributed by atoms with Crippen LogP contribution in [-0.2, 0) is 0 Å². The minimum absolute atomic E-state index is 0.0349. The fourth-order valence-electron chi connectivity index (χ4n) is 0.929. The Morgan fingerprint density at radius 2 is 1.71 bits per heavy atom. The summed E-state index contributed by atoms with van der Waals surface area (Å²) in [5.74, 6) is 0. The molecule has 0 amide bonds. The van der Waals surface area contributed by atoms with Crippen molar-refractivity contribution in [2.45, 2.75) is 12.5 Å². The van der Waals surface area contributed by atoms with Gasteiger partial charge in [0.25, 0.3) is 0 Å². The summed E-state index contributed by atoms with van der Waals surface area (Å²) in [5, 5.41) is 0. The molecule has 0 heterocycles. The molecular weight excluding hydrogens is 255 g/mol. The molecule has 0 saturated heterocycles. The number of halogens is 3. The molecule has 1 aromatic rings. The van der Waals surface area contributed by atoms with Crippen molar-refractivity contribution in [1.29, 1.82) is 0 Å². The highest BCUT2D eigenvalue weighted by molar-refractivity contribution is 7.65. The normalized spacial score (nSPS) is 14.6. The zero-order valence-electron chi connectivity index (χ0n) is 7.75. The quantitative estimate of drug-likeness (QED) is 0.547.